The molecule has 0 bridgehead atoms. The summed E-state index contributed by atoms with van der Waals surface area (Å²) in [6.45, 7) is 2.39. The molecule has 0 aliphatic carbocycles. The van der Waals surface area contributed by atoms with Crippen molar-refractivity contribution in [1.82, 2.24) is 15.0 Å². The number of anilines is 2. The van der Waals surface area contributed by atoms with Gasteiger partial charge < -0.3 is 20.1 Å². The highest BCUT2D eigenvalue weighted by atomic mass is 79.9. The first-order chi connectivity index (χ1) is 12.4. The summed E-state index contributed by atoms with van der Waals surface area (Å²) in [6, 6.07) is 5.69. The van der Waals surface area contributed by atoms with Crippen LogP contribution in [0.2, 0.25) is 0 Å². The van der Waals surface area contributed by atoms with E-state index >= 15 is 0 Å². The van der Waals surface area contributed by atoms with Crippen LogP contribution in [0.5, 0.6) is 11.5 Å². The quantitative estimate of drug-likeness (QED) is 0.712. The number of allylic oxidation sites excluding steroid dienone is 1. The number of aromatic nitrogens is 3. The van der Waals surface area contributed by atoms with Gasteiger partial charge in [0.25, 0.3) is 0 Å². The van der Waals surface area contributed by atoms with Crippen molar-refractivity contribution in [3.63, 3.8) is 0 Å². The molecule has 2 aromatic rings. The van der Waals surface area contributed by atoms with E-state index in [1.54, 1.807) is 38.2 Å². The molecule has 0 atom stereocenters. The Bertz CT molecular complexity index is 876. The normalized spacial score (nSPS) is 11.0. The Labute approximate surface area is 160 Å². The number of nitriles is 1. The topological polar surface area (TPSA) is 110 Å². The number of benzene rings is 1. The number of hydrogen-bond donors (Lipinski definition) is 1. The van der Waals surface area contributed by atoms with Gasteiger partial charge in [-0.1, -0.05) is 0 Å². The largest absolute Gasteiger partial charge is 0.493 e. The average molecular weight is 419 g/mol. The second kappa shape index (κ2) is 8.49. The molecule has 2 N–H and O–H groups in total. The SMILES string of the molecule is CCOc1c(Br)cc(/C=C(\C#N)c2nc(N)nc(N(C)C)n2)cc1OC. The Morgan fingerprint density at radius 3 is 2.65 bits per heavy atom. The van der Waals surface area contributed by atoms with Crippen LogP contribution >= 0.6 is 15.9 Å². The first kappa shape index (κ1) is 19.5. The van der Waals surface area contributed by atoms with Gasteiger partial charge in [0.05, 0.1) is 23.8 Å². The molecule has 0 radical (unpaired) electrons. The standard InChI is InChI=1S/C17H19BrN6O2/c1-5-26-14-12(18)7-10(8-13(14)25-4)6-11(9-19)15-21-16(20)23-17(22-15)24(2)3/h6-8H,5H2,1-4H3,(H2,20,21,22,23)/b11-6+. The van der Waals surface area contributed by atoms with E-state index in [4.69, 9.17) is 15.2 Å². The summed E-state index contributed by atoms with van der Waals surface area (Å²) in [5.41, 5.74) is 6.71. The highest BCUT2D eigenvalue weighted by Crippen LogP contribution is 2.37. The third-order valence-corrected chi connectivity index (χ3v) is 3.84. The van der Waals surface area contributed by atoms with Crippen LogP contribution in [0.3, 0.4) is 0 Å². The lowest BCUT2D eigenvalue weighted by Crippen LogP contribution is -2.15. The van der Waals surface area contributed by atoms with Gasteiger partial charge in [0.15, 0.2) is 17.3 Å². The highest BCUT2D eigenvalue weighted by Gasteiger charge is 2.14. The van der Waals surface area contributed by atoms with Crippen molar-refractivity contribution in [3.05, 3.63) is 28.0 Å². The Morgan fingerprint density at radius 2 is 2.08 bits per heavy atom. The minimum absolute atomic E-state index is 0.0466. The second-order valence-corrected chi connectivity index (χ2v) is 6.20. The second-order valence-electron chi connectivity index (χ2n) is 5.35. The van der Waals surface area contributed by atoms with Crippen molar-refractivity contribution in [1.29, 1.82) is 5.26 Å². The van der Waals surface area contributed by atoms with E-state index in [9.17, 15) is 5.26 Å². The monoisotopic (exact) mass is 418 g/mol. The molecule has 136 valence electrons. The van der Waals surface area contributed by atoms with Crippen molar-refractivity contribution in [2.24, 2.45) is 0 Å². The van der Waals surface area contributed by atoms with Gasteiger partial charge in [-0.05, 0) is 46.6 Å². The van der Waals surface area contributed by atoms with Crippen LogP contribution in [0.15, 0.2) is 16.6 Å². The molecule has 9 heteroatoms. The van der Waals surface area contributed by atoms with Gasteiger partial charge in [-0.2, -0.15) is 20.2 Å². The van der Waals surface area contributed by atoms with Crippen LogP contribution in [0, 0.1) is 11.3 Å². The van der Waals surface area contributed by atoms with E-state index in [1.165, 1.54) is 0 Å². The van der Waals surface area contributed by atoms with Gasteiger partial charge in [-0.25, -0.2) is 0 Å². The summed E-state index contributed by atoms with van der Waals surface area (Å²) >= 11 is 3.47. The third kappa shape index (κ3) is 4.40. The van der Waals surface area contributed by atoms with Gasteiger partial charge in [-0.15, -0.1) is 0 Å². The molecule has 0 spiro atoms. The maximum atomic E-state index is 9.56. The van der Waals surface area contributed by atoms with E-state index in [-0.39, 0.29) is 17.3 Å². The molecule has 0 amide bonds. The number of rotatable bonds is 6. The van der Waals surface area contributed by atoms with E-state index in [0.717, 1.165) is 5.56 Å². The maximum Gasteiger partial charge on any atom is 0.230 e. The number of methoxy groups -OCH3 is 1. The van der Waals surface area contributed by atoms with Crippen molar-refractivity contribution < 1.29 is 9.47 Å². The molecule has 1 heterocycles. The van der Waals surface area contributed by atoms with Gasteiger partial charge in [0, 0.05) is 14.1 Å². The van der Waals surface area contributed by atoms with Crippen LogP contribution in [0.4, 0.5) is 11.9 Å². The number of ether oxygens (including phenoxy) is 2. The Morgan fingerprint density at radius 1 is 1.35 bits per heavy atom. The predicted molar refractivity (Wildman–Crippen MR) is 104 cm³/mol. The van der Waals surface area contributed by atoms with E-state index < -0.39 is 0 Å². The minimum Gasteiger partial charge on any atom is -0.493 e. The summed E-state index contributed by atoms with van der Waals surface area (Å²) in [4.78, 5) is 14.1. The molecule has 2 rings (SSSR count). The van der Waals surface area contributed by atoms with Crippen LogP contribution < -0.4 is 20.1 Å². The molecular formula is C17H19BrN6O2. The van der Waals surface area contributed by atoms with Gasteiger partial charge >= 0.3 is 0 Å². The fourth-order valence-corrected chi connectivity index (χ4v) is 2.70. The number of hydrogen-bond acceptors (Lipinski definition) is 8. The van der Waals surface area contributed by atoms with Crippen molar-refractivity contribution in [2.75, 3.05) is 38.4 Å². The Balaban J connectivity index is 2.53. The summed E-state index contributed by atoms with van der Waals surface area (Å²) in [7, 11) is 5.12. The van der Waals surface area contributed by atoms with Crippen LogP contribution in [-0.4, -0.2) is 42.8 Å². The summed E-state index contributed by atoms with van der Waals surface area (Å²) < 4.78 is 11.7. The minimum atomic E-state index is 0.0466. The van der Waals surface area contributed by atoms with Gasteiger partial charge in [0.2, 0.25) is 11.9 Å². The van der Waals surface area contributed by atoms with Gasteiger partial charge in [-0.3, -0.25) is 0 Å². The molecule has 26 heavy (non-hydrogen) atoms. The molecule has 0 aliphatic heterocycles. The lowest BCUT2D eigenvalue weighted by Gasteiger charge is -2.13. The molecule has 0 saturated heterocycles. The zero-order valence-corrected chi connectivity index (χ0v) is 16.5. The molecule has 0 fully saturated rings. The lowest BCUT2D eigenvalue weighted by atomic mass is 10.1. The predicted octanol–water partition coefficient (Wildman–Crippen LogP) is 2.75. The van der Waals surface area contributed by atoms with Crippen LogP contribution in [-0.2, 0) is 0 Å². The van der Waals surface area contributed by atoms with Crippen LogP contribution in [0.25, 0.3) is 11.6 Å². The summed E-state index contributed by atoms with van der Waals surface area (Å²) in [6.07, 6.45) is 1.65. The first-order valence-electron chi connectivity index (χ1n) is 7.71. The highest BCUT2D eigenvalue weighted by molar-refractivity contribution is 9.10. The van der Waals surface area contributed by atoms with Gasteiger partial charge in [0.1, 0.15) is 6.07 Å². The summed E-state index contributed by atoms with van der Waals surface area (Å²) in [5.74, 6) is 1.77. The zero-order valence-electron chi connectivity index (χ0n) is 14.9. The summed E-state index contributed by atoms with van der Waals surface area (Å²) in [5, 5.41) is 9.56. The molecule has 1 aromatic carbocycles. The van der Waals surface area contributed by atoms with E-state index in [0.29, 0.717) is 28.5 Å². The lowest BCUT2D eigenvalue weighted by molar-refractivity contribution is 0.309. The number of halogens is 1. The van der Waals surface area contributed by atoms with Crippen molar-refractivity contribution in [2.45, 2.75) is 6.92 Å². The Hall–Kier alpha value is -2.86. The molecule has 1 aromatic heterocycles. The Kier molecular flexibility index (Phi) is 6.36. The van der Waals surface area contributed by atoms with Crippen molar-refractivity contribution >= 4 is 39.5 Å². The van der Waals surface area contributed by atoms with E-state index in [1.807, 2.05) is 13.0 Å². The molecule has 0 aliphatic rings. The smallest absolute Gasteiger partial charge is 0.230 e. The zero-order chi connectivity index (χ0) is 19.3. The van der Waals surface area contributed by atoms with E-state index in [2.05, 4.69) is 37.0 Å². The molecule has 8 nitrogen and oxygen atoms in total. The third-order valence-electron chi connectivity index (χ3n) is 3.25. The number of nitrogens with zero attached hydrogens (tertiary/aromatic N) is 5. The van der Waals surface area contributed by atoms with Crippen molar-refractivity contribution in [3.8, 4) is 17.6 Å². The maximum absolute atomic E-state index is 9.56. The average Bonchev–Trinajstić information content (AvgIpc) is 2.61. The first-order valence-corrected chi connectivity index (χ1v) is 8.50. The number of nitrogen functional groups attached to an aromatic ring is 1. The molecular weight excluding hydrogens is 400 g/mol. The fraction of sp³-hybridized carbons (Fsp3) is 0.294. The number of nitrogens with two attached hydrogens (primary N) is 1. The van der Waals surface area contributed by atoms with Crippen LogP contribution in [0.1, 0.15) is 18.3 Å². The molecule has 0 unspecified atom stereocenters. The fourth-order valence-electron chi connectivity index (χ4n) is 2.12. The molecule has 0 saturated carbocycles.